The van der Waals surface area contributed by atoms with Gasteiger partial charge in [-0.25, -0.2) is 4.39 Å². The van der Waals surface area contributed by atoms with Crippen molar-refractivity contribution in [3.63, 3.8) is 0 Å². The predicted octanol–water partition coefficient (Wildman–Crippen LogP) is 2.28. The maximum absolute atomic E-state index is 13.1. The van der Waals surface area contributed by atoms with E-state index in [1.165, 1.54) is 18.2 Å². The Hall–Kier alpha value is -3.22. The normalized spacial score (nSPS) is 10.2. The second kappa shape index (κ2) is 9.47. The summed E-state index contributed by atoms with van der Waals surface area (Å²) in [4.78, 5) is 35.4. The largest absolute Gasteiger partial charge is 0.455 e. The number of hydrogen-bond acceptors (Lipinski definition) is 4. The number of rotatable bonds is 7. The van der Waals surface area contributed by atoms with Gasteiger partial charge in [0.25, 0.3) is 5.91 Å². The Bertz CT molecular complexity index is 831. The van der Waals surface area contributed by atoms with Crippen LogP contribution in [0.1, 0.15) is 16.7 Å². The minimum Gasteiger partial charge on any atom is -0.455 e. The highest BCUT2D eigenvalue weighted by Gasteiger charge is 2.11. The van der Waals surface area contributed by atoms with Crippen molar-refractivity contribution in [2.45, 2.75) is 20.3 Å². The number of carbonyl (C=O) groups excluding carboxylic acids is 3. The number of benzene rings is 2. The average Bonchev–Trinajstić information content (AvgIpc) is 2.61. The van der Waals surface area contributed by atoms with E-state index in [0.29, 0.717) is 11.3 Å². The summed E-state index contributed by atoms with van der Waals surface area (Å²) in [6, 6.07) is 11.2. The minimum absolute atomic E-state index is 0.141. The lowest BCUT2D eigenvalue weighted by atomic mass is 10.1. The summed E-state index contributed by atoms with van der Waals surface area (Å²) in [5.74, 6) is -2.09. The van der Waals surface area contributed by atoms with E-state index in [1.807, 2.05) is 32.0 Å². The third kappa shape index (κ3) is 6.54. The van der Waals surface area contributed by atoms with Crippen LogP contribution in [0.4, 0.5) is 10.1 Å². The second-order valence-electron chi connectivity index (χ2n) is 6.06. The van der Waals surface area contributed by atoms with Crippen LogP contribution in [0.5, 0.6) is 0 Å². The van der Waals surface area contributed by atoms with Gasteiger partial charge in [-0.1, -0.05) is 30.3 Å². The van der Waals surface area contributed by atoms with Crippen LogP contribution in [0.3, 0.4) is 0 Å². The summed E-state index contributed by atoms with van der Waals surface area (Å²) in [6.45, 7) is 3.00. The number of anilines is 1. The Kier molecular flexibility index (Phi) is 7.05. The highest BCUT2D eigenvalue weighted by molar-refractivity contribution is 5.96. The molecule has 0 bridgehead atoms. The van der Waals surface area contributed by atoms with E-state index in [4.69, 9.17) is 4.74 Å². The smallest absolute Gasteiger partial charge is 0.310 e. The fourth-order valence-electron chi connectivity index (χ4n) is 2.44. The molecule has 2 amide bonds. The van der Waals surface area contributed by atoms with Gasteiger partial charge in [-0.15, -0.1) is 0 Å². The molecule has 0 saturated heterocycles. The molecule has 2 aromatic rings. The highest BCUT2D eigenvalue weighted by atomic mass is 19.1. The van der Waals surface area contributed by atoms with Crippen molar-refractivity contribution in [1.29, 1.82) is 0 Å². The van der Waals surface area contributed by atoms with Gasteiger partial charge in [0.2, 0.25) is 5.91 Å². The molecule has 6 nitrogen and oxygen atoms in total. The molecule has 0 heterocycles. The van der Waals surface area contributed by atoms with Crippen LogP contribution in [0.15, 0.2) is 42.5 Å². The van der Waals surface area contributed by atoms with Crippen LogP contribution >= 0.6 is 0 Å². The van der Waals surface area contributed by atoms with E-state index in [9.17, 15) is 18.8 Å². The van der Waals surface area contributed by atoms with Gasteiger partial charge in [-0.3, -0.25) is 14.4 Å². The van der Waals surface area contributed by atoms with Gasteiger partial charge in [0.1, 0.15) is 5.82 Å². The molecule has 0 radical (unpaired) electrons. The third-order valence-electron chi connectivity index (χ3n) is 3.79. The van der Waals surface area contributed by atoms with Crippen molar-refractivity contribution in [3.05, 3.63) is 65.0 Å². The molecule has 0 aliphatic rings. The van der Waals surface area contributed by atoms with Crippen LogP contribution in [-0.2, 0) is 25.5 Å². The van der Waals surface area contributed by atoms with Gasteiger partial charge in [0.05, 0.1) is 13.0 Å². The van der Waals surface area contributed by atoms with Gasteiger partial charge < -0.3 is 15.4 Å². The molecule has 2 N–H and O–H groups in total. The molecule has 0 saturated carbocycles. The van der Waals surface area contributed by atoms with Crippen LogP contribution in [0, 0.1) is 19.7 Å². The fraction of sp³-hybridized carbons (Fsp3) is 0.250. The number of halogens is 1. The number of para-hydroxylation sites is 1. The van der Waals surface area contributed by atoms with Gasteiger partial charge in [0, 0.05) is 5.69 Å². The van der Waals surface area contributed by atoms with Crippen molar-refractivity contribution < 1.29 is 23.5 Å². The molecule has 2 rings (SSSR count). The Labute approximate surface area is 156 Å². The van der Waals surface area contributed by atoms with Gasteiger partial charge in [0.15, 0.2) is 6.61 Å². The SMILES string of the molecule is Cc1cccc(C)c1NC(=O)CNC(=O)COC(=O)Cc1cccc(F)c1. The van der Waals surface area contributed by atoms with E-state index < -0.39 is 24.3 Å². The molecular weight excluding hydrogens is 351 g/mol. The quantitative estimate of drug-likeness (QED) is 0.731. The molecule has 0 aliphatic heterocycles. The molecule has 0 unspecified atom stereocenters. The summed E-state index contributed by atoms with van der Waals surface area (Å²) in [5, 5.41) is 5.12. The lowest BCUT2D eigenvalue weighted by molar-refractivity contribution is -0.147. The lowest BCUT2D eigenvalue weighted by Gasteiger charge is -2.12. The first-order valence-electron chi connectivity index (χ1n) is 8.38. The van der Waals surface area contributed by atoms with Crippen LogP contribution in [-0.4, -0.2) is 30.9 Å². The predicted molar refractivity (Wildman–Crippen MR) is 98.6 cm³/mol. The monoisotopic (exact) mass is 372 g/mol. The molecule has 0 fully saturated rings. The number of amides is 2. The molecule has 0 spiro atoms. The first kappa shape index (κ1) is 20.1. The Morgan fingerprint density at radius 3 is 2.33 bits per heavy atom. The Morgan fingerprint density at radius 2 is 1.67 bits per heavy atom. The zero-order valence-electron chi connectivity index (χ0n) is 15.2. The molecule has 142 valence electrons. The summed E-state index contributed by atoms with van der Waals surface area (Å²) in [6.07, 6.45) is -0.141. The standard InChI is InChI=1S/C20H21FN2O4/c1-13-5-3-6-14(2)20(13)23-17(24)11-22-18(25)12-27-19(26)10-15-7-4-8-16(21)9-15/h3-9H,10-12H2,1-2H3,(H,22,25)(H,23,24). The zero-order valence-corrected chi connectivity index (χ0v) is 15.2. The number of esters is 1. The maximum Gasteiger partial charge on any atom is 0.310 e. The van der Waals surface area contributed by atoms with Gasteiger partial charge >= 0.3 is 5.97 Å². The highest BCUT2D eigenvalue weighted by Crippen LogP contribution is 2.18. The molecule has 0 atom stereocenters. The lowest BCUT2D eigenvalue weighted by Crippen LogP contribution is -2.35. The van der Waals surface area contributed by atoms with Crippen LogP contribution in [0.2, 0.25) is 0 Å². The Morgan fingerprint density at radius 1 is 1.00 bits per heavy atom. The third-order valence-corrected chi connectivity index (χ3v) is 3.79. The molecule has 0 aliphatic carbocycles. The van der Waals surface area contributed by atoms with E-state index in [-0.39, 0.29) is 18.9 Å². The van der Waals surface area contributed by atoms with Gasteiger partial charge in [-0.2, -0.15) is 0 Å². The number of carbonyl (C=O) groups is 3. The average molecular weight is 372 g/mol. The summed E-state index contributed by atoms with van der Waals surface area (Å²) >= 11 is 0. The summed E-state index contributed by atoms with van der Waals surface area (Å²) in [5.41, 5.74) is 2.99. The van der Waals surface area contributed by atoms with Crippen molar-refractivity contribution >= 4 is 23.5 Å². The number of ether oxygens (including phenoxy) is 1. The van der Waals surface area contributed by atoms with E-state index in [0.717, 1.165) is 11.1 Å². The molecule has 0 aromatic heterocycles. The maximum atomic E-state index is 13.1. The summed E-state index contributed by atoms with van der Waals surface area (Å²) < 4.78 is 17.9. The van der Waals surface area contributed by atoms with Crippen molar-refractivity contribution in [2.24, 2.45) is 0 Å². The van der Waals surface area contributed by atoms with Crippen molar-refractivity contribution in [2.75, 3.05) is 18.5 Å². The molecule has 2 aromatic carbocycles. The second-order valence-corrected chi connectivity index (χ2v) is 6.06. The molecule has 27 heavy (non-hydrogen) atoms. The minimum atomic E-state index is -0.657. The Balaban J connectivity index is 1.72. The van der Waals surface area contributed by atoms with E-state index in [2.05, 4.69) is 10.6 Å². The molecule has 7 heteroatoms. The van der Waals surface area contributed by atoms with E-state index in [1.54, 1.807) is 6.07 Å². The first-order valence-corrected chi connectivity index (χ1v) is 8.38. The number of aryl methyl sites for hydroxylation is 2. The summed E-state index contributed by atoms with van der Waals surface area (Å²) in [7, 11) is 0. The topological polar surface area (TPSA) is 84.5 Å². The zero-order chi connectivity index (χ0) is 19.8. The fourth-order valence-corrected chi connectivity index (χ4v) is 2.44. The number of hydrogen-bond donors (Lipinski definition) is 2. The van der Waals surface area contributed by atoms with Gasteiger partial charge in [-0.05, 0) is 42.7 Å². The molecular formula is C20H21FN2O4. The van der Waals surface area contributed by atoms with Crippen LogP contribution < -0.4 is 10.6 Å². The van der Waals surface area contributed by atoms with Crippen LogP contribution in [0.25, 0.3) is 0 Å². The first-order chi connectivity index (χ1) is 12.8. The van der Waals surface area contributed by atoms with Crippen molar-refractivity contribution in [1.82, 2.24) is 5.32 Å². The van der Waals surface area contributed by atoms with E-state index >= 15 is 0 Å². The number of nitrogens with one attached hydrogen (secondary N) is 2. The van der Waals surface area contributed by atoms with Crippen molar-refractivity contribution in [3.8, 4) is 0 Å².